The minimum Gasteiger partial charge on any atom is -0.591 e. The van der Waals surface area contributed by atoms with Crippen LogP contribution in [0.1, 0.15) is 74.1 Å². The van der Waals surface area contributed by atoms with Gasteiger partial charge in [0.15, 0.2) is 0 Å². The number of carbonyl (C=O) groups is 1. The van der Waals surface area contributed by atoms with Gasteiger partial charge in [-0.2, -0.15) is 0 Å². The minimum absolute atomic E-state index is 0.0818. The molecule has 1 rings (SSSR count). The summed E-state index contributed by atoms with van der Waals surface area (Å²) in [6, 6.07) is 0. The number of amides is 1. The Morgan fingerprint density at radius 1 is 1.38 bits per heavy atom. The molecule has 1 N–H and O–H groups in total. The third-order valence-corrected chi connectivity index (χ3v) is 6.45. The van der Waals surface area contributed by atoms with Crippen molar-refractivity contribution in [2.45, 2.75) is 84.4 Å². The summed E-state index contributed by atoms with van der Waals surface area (Å²) in [7, 11) is 0. The normalized spacial score (nSPS) is 23.0. The van der Waals surface area contributed by atoms with Gasteiger partial charge < -0.3 is 14.6 Å². The summed E-state index contributed by atoms with van der Waals surface area (Å²) in [5.41, 5.74) is -0.211. The van der Waals surface area contributed by atoms with Crippen molar-refractivity contribution in [3.8, 4) is 0 Å². The predicted molar refractivity (Wildman–Crippen MR) is 101 cm³/mol. The number of hydrogen-bond acceptors (Lipinski definition) is 3. The first-order chi connectivity index (χ1) is 10.8. The number of hydrogen-bond donors (Lipinski definition) is 1. The monoisotopic (exact) mass is 358 g/mol. The van der Waals surface area contributed by atoms with Crippen molar-refractivity contribution in [3.63, 3.8) is 0 Å². The molecule has 0 aromatic heterocycles. The van der Waals surface area contributed by atoms with Crippen LogP contribution in [0.5, 0.6) is 0 Å². The average molecular weight is 359 g/mol. The second-order valence-electron chi connectivity index (χ2n) is 9.14. The van der Waals surface area contributed by atoms with Crippen LogP contribution in [0.15, 0.2) is 4.40 Å². The Labute approximate surface area is 150 Å². The van der Waals surface area contributed by atoms with Gasteiger partial charge in [-0.3, -0.25) is 0 Å². The molecule has 1 unspecified atom stereocenters. The molecule has 140 valence electrons. The van der Waals surface area contributed by atoms with E-state index in [1.54, 1.807) is 11.1 Å². The van der Waals surface area contributed by atoms with Crippen molar-refractivity contribution in [1.82, 2.24) is 4.90 Å². The maximum atomic E-state index is 11.9. The van der Waals surface area contributed by atoms with Crippen molar-refractivity contribution >= 4 is 23.7 Å². The van der Waals surface area contributed by atoms with Crippen LogP contribution in [0.3, 0.4) is 0 Å². The third kappa shape index (κ3) is 5.66. The predicted octanol–water partition coefficient (Wildman–Crippen LogP) is 4.49. The molecule has 0 aromatic carbocycles. The average Bonchev–Trinajstić information content (AvgIpc) is 2.73. The molecule has 0 radical (unpaired) electrons. The topological polar surface area (TPSA) is 76.0 Å². The lowest BCUT2D eigenvalue weighted by molar-refractivity contribution is 0.115. The third-order valence-electron chi connectivity index (χ3n) is 5.06. The van der Waals surface area contributed by atoms with E-state index in [9.17, 15) is 14.5 Å². The Bertz CT molecular complexity index is 469. The van der Waals surface area contributed by atoms with E-state index in [0.717, 1.165) is 25.7 Å². The molecule has 24 heavy (non-hydrogen) atoms. The maximum Gasteiger partial charge on any atom is 0.407 e. The number of rotatable bonds is 6. The van der Waals surface area contributed by atoms with Gasteiger partial charge in [0.25, 0.3) is 0 Å². The molecule has 5 nitrogen and oxygen atoms in total. The van der Waals surface area contributed by atoms with E-state index in [1.807, 2.05) is 34.6 Å². The zero-order valence-corrected chi connectivity index (χ0v) is 17.1. The summed E-state index contributed by atoms with van der Waals surface area (Å²) in [4.78, 5) is 13.0. The number of unbranched alkanes of at least 4 members (excludes halogenated alkanes) is 1. The lowest BCUT2D eigenvalue weighted by Gasteiger charge is -2.31. The quantitative estimate of drug-likeness (QED) is 0.431. The smallest absolute Gasteiger partial charge is 0.407 e. The van der Waals surface area contributed by atoms with Crippen LogP contribution >= 0.6 is 0 Å². The molecular weight excluding hydrogens is 324 g/mol. The zero-order chi connectivity index (χ0) is 18.8. The van der Waals surface area contributed by atoms with Crippen molar-refractivity contribution < 1.29 is 14.5 Å². The van der Waals surface area contributed by atoms with Crippen LogP contribution in [-0.2, 0) is 11.4 Å². The molecule has 0 aromatic rings. The zero-order valence-electron chi connectivity index (χ0n) is 16.3. The van der Waals surface area contributed by atoms with E-state index in [0.29, 0.717) is 12.5 Å². The highest BCUT2D eigenvalue weighted by Crippen LogP contribution is 2.44. The highest BCUT2D eigenvalue weighted by Gasteiger charge is 2.46. The summed E-state index contributed by atoms with van der Waals surface area (Å²) < 4.78 is 15.7. The Kier molecular flexibility index (Phi) is 6.78. The van der Waals surface area contributed by atoms with Crippen LogP contribution in [0, 0.1) is 11.3 Å². The van der Waals surface area contributed by atoms with Crippen LogP contribution in [0.2, 0.25) is 0 Å². The van der Waals surface area contributed by atoms with Gasteiger partial charge in [-0.15, -0.1) is 0 Å². The van der Waals surface area contributed by atoms with E-state index in [-0.39, 0.29) is 15.7 Å². The molecule has 1 saturated heterocycles. The van der Waals surface area contributed by atoms with Gasteiger partial charge in [0.1, 0.15) is 16.1 Å². The molecule has 0 bridgehead atoms. The fourth-order valence-electron chi connectivity index (χ4n) is 3.24. The van der Waals surface area contributed by atoms with Crippen molar-refractivity contribution in [2.24, 2.45) is 15.7 Å². The van der Waals surface area contributed by atoms with Crippen LogP contribution in [0.4, 0.5) is 4.79 Å². The van der Waals surface area contributed by atoms with Crippen LogP contribution < -0.4 is 0 Å². The lowest BCUT2D eigenvalue weighted by Crippen LogP contribution is -2.41. The van der Waals surface area contributed by atoms with Gasteiger partial charge in [0, 0.05) is 12.1 Å². The van der Waals surface area contributed by atoms with Crippen LogP contribution in [0.25, 0.3) is 0 Å². The molecule has 0 saturated carbocycles. The maximum absolute atomic E-state index is 11.9. The first-order valence-corrected chi connectivity index (χ1v) is 9.83. The van der Waals surface area contributed by atoms with Gasteiger partial charge in [-0.25, -0.2) is 4.79 Å². The van der Waals surface area contributed by atoms with Gasteiger partial charge >= 0.3 is 6.09 Å². The Morgan fingerprint density at radius 3 is 2.42 bits per heavy atom. The van der Waals surface area contributed by atoms with Gasteiger partial charge in [-0.05, 0) is 71.6 Å². The summed E-state index contributed by atoms with van der Waals surface area (Å²) in [5, 5.41) is 9.38. The summed E-state index contributed by atoms with van der Waals surface area (Å²) >= 11 is -1.19. The van der Waals surface area contributed by atoms with E-state index >= 15 is 0 Å². The molecule has 1 aliphatic heterocycles. The Hall–Kier alpha value is -0.750. The second kappa shape index (κ2) is 7.65. The minimum atomic E-state index is -1.19. The van der Waals surface area contributed by atoms with Gasteiger partial charge in [0.2, 0.25) is 0 Å². The molecule has 1 aliphatic rings. The molecule has 6 heteroatoms. The molecule has 0 spiro atoms. The fraction of sp³-hybridized carbons (Fsp3) is 0.889. The Morgan fingerprint density at radius 2 is 1.96 bits per heavy atom. The standard InChI is InChI=1S/C18H34N2O3S/c1-16(2,3)24(23)19-11-9-8-10-17(4,5)14-12-18(6,7)20(13-14)15(21)22/h11,14H,8-10,12-13H2,1-7H3,(H,21,22)/t14-,24?/m1/s1. The van der Waals surface area contributed by atoms with Crippen molar-refractivity contribution in [3.05, 3.63) is 0 Å². The van der Waals surface area contributed by atoms with Gasteiger partial charge in [-0.1, -0.05) is 18.2 Å². The molecule has 1 fully saturated rings. The molecule has 1 amide bonds. The Balaban J connectivity index is 2.50. The van der Waals surface area contributed by atoms with Gasteiger partial charge in [0.05, 0.1) is 6.21 Å². The summed E-state index contributed by atoms with van der Waals surface area (Å²) in [5.74, 6) is 0.365. The highest BCUT2D eigenvalue weighted by atomic mass is 32.2. The van der Waals surface area contributed by atoms with E-state index in [1.165, 1.54) is 0 Å². The van der Waals surface area contributed by atoms with Crippen molar-refractivity contribution in [2.75, 3.05) is 6.54 Å². The second-order valence-corrected chi connectivity index (χ2v) is 11.1. The van der Waals surface area contributed by atoms with E-state index in [2.05, 4.69) is 18.2 Å². The SMILES string of the molecule is CC(C)(CCCC=N[S+]([O-])C(C)(C)C)[C@H]1CN(C(=O)O)C(C)(C)C1. The first kappa shape index (κ1) is 21.3. The fourth-order valence-corrected chi connectivity index (χ4v) is 3.79. The molecule has 2 atom stereocenters. The number of likely N-dealkylation sites (tertiary alicyclic amines) is 1. The van der Waals surface area contributed by atoms with Crippen molar-refractivity contribution in [1.29, 1.82) is 0 Å². The largest absolute Gasteiger partial charge is 0.591 e. The first-order valence-electron chi connectivity index (χ1n) is 8.72. The molecular formula is C18H34N2O3S. The van der Waals surface area contributed by atoms with Crippen LogP contribution in [-0.4, -0.2) is 43.7 Å². The molecule has 0 aliphatic carbocycles. The summed E-state index contributed by atoms with van der Waals surface area (Å²) in [6.45, 7) is 14.8. The number of carboxylic acid groups (broad SMARTS) is 1. The lowest BCUT2D eigenvalue weighted by atomic mass is 9.73. The van der Waals surface area contributed by atoms with E-state index in [4.69, 9.17) is 0 Å². The highest BCUT2D eigenvalue weighted by molar-refractivity contribution is 7.91. The summed E-state index contributed by atoms with van der Waals surface area (Å²) in [6.07, 6.45) is 4.64. The number of nitrogens with zero attached hydrogens (tertiary/aromatic N) is 2. The molecule has 1 heterocycles. The van der Waals surface area contributed by atoms with E-state index < -0.39 is 17.5 Å².